The molecule has 0 unspecified atom stereocenters. The van der Waals surface area contributed by atoms with E-state index in [-0.39, 0.29) is 0 Å². The summed E-state index contributed by atoms with van der Waals surface area (Å²) in [5.74, 6) is 0.712. The number of aromatic nitrogens is 2. The predicted molar refractivity (Wildman–Crippen MR) is 83.4 cm³/mol. The molecule has 3 rings (SSSR count). The van der Waals surface area contributed by atoms with Crippen LogP contribution < -0.4 is 11.1 Å². The van der Waals surface area contributed by atoms with Crippen LogP contribution in [0.2, 0.25) is 5.02 Å². The molecule has 0 aliphatic rings. The highest BCUT2D eigenvalue weighted by atomic mass is 35.5. The SMILES string of the molecule is Cc1cccc(Nc2ncnc3cc(Cl)c(N)cc23)c1. The van der Waals surface area contributed by atoms with E-state index in [1.807, 2.05) is 31.2 Å². The second kappa shape index (κ2) is 4.98. The molecule has 0 atom stereocenters. The first-order valence-electron chi connectivity index (χ1n) is 6.17. The van der Waals surface area contributed by atoms with Gasteiger partial charge in [-0.2, -0.15) is 0 Å². The smallest absolute Gasteiger partial charge is 0.141 e. The number of benzene rings is 2. The van der Waals surface area contributed by atoms with Crippen LogP contribution in [0.3, 0.4) is 0 Å². The van der Waals surface area contributed by atoms with Gasteiger partial charge in [-0.25, -0.2) is 9.97 Å². The highest BCUT2D eigenvalue weighted by molar-refractivity contribution is 6.34. The minimum absolute atomic E-state index is 0.498. The maximum atomic E-state index is 6.02. The van der Waals surface area contributed by atoms with E-state index in [1.165, 1.54) is 11.9 Å². The Labute approximate surface area is 121 Å². The third kappa shape index (κ3) is 2.38. The Morgan fingerprint density at radius 3 is 2.80 bits per heavy atom. The van der Waals surface area contributed by atoms with E-state index in [4.69, 9.17) is 17.3 Å². The number of nitrogens with zero attached hydrogens (tertiary/aromatic N) is 2. The maximum absolute atomic E-state index is 6.02. The minimum Gasteiger partial charge on any atom is -0.398 e. The maximum Gasteiger partial charge on any atom is 0.141 e. The van der Waals surface area contributed by atoms with Crippen LogP contribution in [0, 0.1) is 6.92 Å². The lowest BCUT2D eigenvalue weighted by molar-refractivity contribution is 1.22. The van der Waals surface area contributed by atoms with Gasteiger partial charge in [-0.05, 0) is 36.8 Å². The van der Waals surface area contributed by atoms with Gasteiger partial charge >= 0.3 is 0 Å². The average molecular weight is 285 g/mol. The van der Waals surface area contributed by atoms with Crippen molar-refractivity contribution in [3.63, 3.8) is 0 Å². The van der Waals surface area contributed by atoms with E-state index in [1.54, 1.807) is 12.1 Å². The zero-order valence-corrected chi connectivity index (χ0v) is 11.6. The molecule has 0 bridgehead atoms. The number of halogens is 1. The van der Waals surface area contributed by atoms with Crippen molar-refractivity contribution < 1.29 is 0 Å². The number of aryl methyl sites for hydroxylation is 1. The van der Waals surface area contributed by atoms with Crippen LogP contribution in [0.1, 0.15) is 5.56 Å². The molecule has 0 saturated carbocycles. The van der Waals surface area contributed by atoms with E-state index in [9.17, 15) is 0 Å². The molecule has 0 aliphatic heterocycles. The van der Waals surface area contributed by atoms with Crippen molar-refractivity contribution in [2.24, 2.45) is 0 Å². The fourth-order valence-corrected chi connectivity index (χ4v) is 2.21. The molecule has 3 aromatic rings. The predicted octanol–water partition coefficient (Wildman–Crippen LogP) is 3.92. The first kappa shape index (κ1) is 12.7. The van der Waals surface area contributed by atoms with Crippen molar-refractivity contribution in [1.29, 1.82) is 0 Å². The number of fused-ring (bicyclic) bond motifs is 1. The monoisotopic (exact) mass is 284 g/mol. The molecule has 0 aliphatic carbocycles. The van der Waals surface area contributed by atoms with Crippen LogP contribution in [0.25, 0.3) is 10.9 Å². The number of rotatable bonds is 2. The Morgan fingerprint density at radius 2 is 2.00 bits per heavy atom. The number of nitrogens with two attached hydrogens (primary N) is 1. The summed E-state index contributed by atoms with van der Waals surface area (Å²) in [5.41, 5.74) is 9.28. The number of nitrogen functional groups attached to an aromatic ring is 1. The van der Waals surface area contributed by atoms with Gasteiger partial charge in [0, 0.05) is 11.1 Å². The molecule has 0 radical (unpaired) electrons. The average Bonchev–Trinajstić information content (AvgIpc) is 2.41. The summed E-state index contributed by atoms with van der Waals surface area (Å²) in [6.45, 7) is 2.04. The lowest BCUT2D eigenvalue weighted by Crippen LogP contribution is -1.97. The van der Waals surface area contributed by atoms with E-state index >= 15 is 0 Å². The lowest BCUT2D eigenvalue weighted by atomic mass is 10.2. The summed E-state index contributed by atoms with van der Waals surface area (Å²) in [6.07, 6.45) is 1.51. The second-order valence-corrected chi connectivity index (χ2v) is 5.01. The lowest BCUT2D eigenvalue weighted by Gasteiger charge is -2.10. The summed E-state index contributed by atoms with van der Waals surface area (Å²) in [5, 5.41) is 4.63. The van der Waals surface area contributed by atoms with E-state index in [2.05, 4.69) is 15.3 Å². The molecule has 4 nitrogen and oxygen atoms in total. The van der Waals surface area contributed by atoms with Gasteiger partial charge in [-0.1, -0.05) is 23.7 Å². The fourth-order valence-electron chi connectivity index (χ4n) is 2.05. The zero-order chi connectivity index (χ0) is 14.1. The van der Waals surface area contributed by atoms with Gasteiger partial charge in [0.15, 0.2) is 0 Å². The van der Waals surface area contributed by atoms with Crippen LogP contribution in [0.15, 0.2) is 42.7 Å². The van der Waals surface area contributed by atoms with Crippen LogP contribution in [-0.2, 0) is 0 Å². The van der Waals surface area contributed by atoms with Gasteiger partial charge in [-0.3, -0.25) is 0 Å². The molecule has 1 aromatic heterocycles. The topological polar surface area (TPSA) is 63.8 Å². The van der Waals surface area contributed by atoms with Crippen molar-refractivity contribution in [1.82, 2.24) is 9.97 Å². The van der Waals surface area contributed by atoms with E-state index in [0.717, 1.165) is 16.6 Å². The highest BCUT2D eigenvalue weighted by Crippen LogP contribution is 2.29. The van der Waals surface area contributed by atoms with Gasteiger partial charge < -0.3 is 11.1 Å². The molecule has 2 aromatic carbocycles. The molecule has 100 valence electrons. The van der Waals surface area contributed by atoms with Crippen molar-refractivity contribution >= 4 is 39.7 Å². The standard InChI is InChI=1S/C15H13ClN4/c1-9-3-2-4-10(5-9)20-15-11-6-13(17)12(16)7-14(11)18-8-19-15/h2-8H,17H2,1H3,(H,18,19,20). The first-order valence-corrected chi connectivity index (χ1v) is 6.55. The summed E-state index contributed by atoms with van der Waals surface area (Å²) in [7, 11) is 0. The fraction of sp³-hybridized carbons (Fsp3) is 0.0667. The molecular formula is C15H13ClN4. The minimum atomic E-state index is 0.498. The molecule has 0 saturated heterocycles. The zero-order valence-electron chi connectivity index (χ0n) is 10.9. The molecule has 3 N–H and O–H groups in total. The van der Waals surface area contributed by atoms with Gasteiger partial charge in [0.1, 0.15) is 12.1 Å². The van der Waals surface area contributed by atoms with Crippen LogP contribution in [-0.4, -0.2) is 9.97 Å². The summed E-state index contributed by atoms with van der Waals surface area (Å²) in [6, 6.07) is 11.6. The van der Waals surface area contributed by atoms with Crippen molar-refractivity contribution in [2.45, 2.75) is 6.92 Å². The van der Waals surface area contributed by atoms with Gasteiger partial charge in [0.2, 0.25) is 0 Å². The van der Waals surface area contributed by atoms with Gasteiger partial charge in [0.05, 0.1) is 16.2 Å². The quantitative estimate of drug-likeness (QED) is 0.700. The Hall–Kier alpha value is -2.33. The Bertz CT molecular complexity index is 786. The third-order valence-corrected chi connectivity index (χ3v) is 3.36. The number of hydrogen-bond acceptors (Lipinski definition) is 4. The summed E-state index contributed by atoms with van der Waals surface area (Å²) >= 11 is 6.02. The summed E-state index contributed by atoms with van der Waals surface area (Å²) in [4.78, 5) is 8.49. The normalized spacial score (nSPS) is 10.7. The van der Waals surface area contributed by atoms with Crippen LogP contribution in [0.4, 0.5) is 17.2 Å². The van der Waals surface area contributed by atoms with Crippen molar-refractivity contribution in [3.8, 4) is 0 Å². The Balaban J connectivity index is 2.09. The van der Waals surface area contributed by atoms with E-state index in [0.29, 0.717) is 16.5 Å². The van der Waals surface area contributed by atoms with Crippen molar-refractivity contribution in [3.05, 3.63) is 53.3 Å². The Kier molecular flexibility index (Phi) is 3.16. The molecule has 0 spiro atoms. The largest absolute Gasteiger partial charge is 0.398 e. The van der Waals surface area contributed by atoms with Gasteiger partial charge in [-0.15, -0.1) is 0 Å². The third-order valence-electron chi connectivity index (χ3n) is 3.03. The van der Waals surface area contributed by atoms with E-state index < -0.39 is 0 Å². The second-order valence-electron chi connectivity index (χ2n) is 4.61. The summed E-state index contributed by atoms with van der Waals surface area (Å²) < 4.78 is 0. The molecular weight excluding hydrogens is 272 g/mol. The molecule has 20 heavy (non-hydrogen) atoms. The van der Waals surface area contributed by atoms with Crippen LogP contribution in [0.5, 0.6) is 0 Å². The first-order chi connectivity index (χ1) is 9.63. The Morgan fingerprint density at radius 1 is 1.15 bits per heavy atom. The van der Waals surface area contributed by atoms with Crippen LogP contribution >= 0.6 is 11.6 Å². The highest BCUT2D eigenvalue weighted by Gasteiger charge is 2.07. The molecule has 0 amide bonds. The molecule has 1 heterocycles. The number of nitrogens with one attached hydrogen (secondary N) is 1. The van der Waals surface area contributed by atoms with Gasteiger partial charge in [0.25, 0.3) is 0 Å². The molecule has 5 heteroatoms. The van der Waals surface area contributed by atoms with Crippen molar-refractivity contribution in [2.75, 3.05) is 11.1 Å². The molecule has 0 fully saturated rings. The number of hydrogen-bond donors (Lipinski definition) is 2. The number of anilines is 3.